The molecular weight excluding hydrogens is 371 g/mol. The van der Waals surface area contributed by atoms with E-state index < -0.39 is 29.8 Å². The van der Waals surface area contributed by atoms with E-state index in [0.717, 1.165) is 0 Å². The van der Waals surface area contributed by atoms with Crippen molar-refractivity contribution in [2.24, 2.45) is 5.92 Å². The van der Waals surface area contributed by atoms with E-state index in [4.69, 9.17) is 11.6 Å². The van der Waals surface area contributed by atoms with Gasteiger partial charge in [0, 0.05) is 6.54 Å². The van der Waals surface area contributed by atoms with Gasteiger partial charge in [-0.25, -0.2) is 4.39 Å². The van der Waals surface area contributed by atoms with Crippen molar-refractivity contribution in [1.82, 2.24) is 10.6 Å². The minimum Gasteiger partial charge on any atom is -0.387 e. The number of hydrogen-bond acceptors (Lipinski definition) is 3. The summed E-state index contributed by atoms with van der Waals surface area (Å²) < 4.78 is 12.9. The molecule has 3 N–H and O–H groups in total. The standard InChI is InChI=1S/C20H22ClFN2O3/c1-12(2)18(24-19(26)15-5-3-4-6-16(15)21)20(27)23-11-17(25)13-7-9-14(22)10-8-13/h3-10,12,17-18,25H,11H2,1-2H3,(H,23,27)(H,24,26). The van der Waals surface area contributed by atoms with Gasteiger partial charge in [0.2, 0.25) is 5.91 Å². The number of benzene rings is 2. The minimum atomic E-state index is -0.985. The van der Waals surface area contributed by atoms with Crippen molar-refractivity contribution >= 4 is 23.4 Å². The summed E-state index contributed by atoms with van der Waals surface area (Å²) >= 11 is 6.02. The lowest BCUT2D eigenvalue weighted by Crippen LogP contribution is -2.50. The summed E-state index contributed by atoms with van der Waals surface area (Å²) in [6.45, 7) is 3.54. The zero-order chi connectivity index (χ0) is 20.0. The zero-order valence-corrected chi connectivity index (χ0v) is 15.8. The van der Waals surface area contributed by atoms with Crippen molar-refractivity contribution in [2.45, 2.75) is 26.0 Å². The monoisotopic (exact) mass is 392 g/mol. The topological polar surface area (TPSA) is 78.4 Å². The van der Waals surface area contributed by atoms with E-state index in [1.54, 1.807) is 38.1 Å². The van der Waals surface area contributed by atoms with E-state index in [9.17, 15) is 19.1 Å². The highest BCUT2D eigenvalue weighted by Gasteiger charge is 2.25. The molecule has 0 spiro atoms. The summed E-state index contributed by atoms with van der Waals surface area (Å²) in [4.78, 5) is 24.9. The molecule has 5 nitrogen and oxygen atoms in total. The second-order valence-electron chi connectivity index (χ2n) is 6.49. The van der Waals surface area contributed by atoms with E-state index in [1.807, 2.05) is 0 Å². The van der Waals surface area contributed by atoms with Crippen LogP contribution in [0.2, 0.25) is 5.02 Å². The molecule has 144 valence electrons. The molecule has 0 heterocycles. The molecule has 27 heavy (non-hydrogen) atoms. The first kappa shape index (κ1) is 20.9. The largest absolute Gasteiger partial charge is 0.387 e. The van der Waals surface area contributed by atoms with Crippen LogP contribution in [0.5, 0.6) is 0 Å². The van der Waals surface area contributed by atoms with E-state index in [1.165, 1.54) is 24.3 Å². The highest BCUT2D eigenvalue weighted by molar-refractivity contribution is 6.33. The molecule has 2 atom stereocenters. The molecule has 0 aromatic heterocycles. The van der Waals surface area contributed by atoms with Crippen LogP contribution in [0.15, 0.2) is 48.5 Å². The van der Waals surface area contributed by atoms with Crippen molar-refractivity contribution in [3.8, 4) is 0 Å². The fourth-order valence-electron chi connectivity index (χ4n) is 2.51. The molecule has 2 amide bonds. The number of hydrogen-bond donors (Lipinski definition) is 3. The summed E-state index contributed by atoms with van der Waals surface area (Å²) in [5.41, 5.74) is 0.766. The Hall–Kier alpha value is -2.44. The normalized spacial score (nSPS) is 13.1. The van der Waals surface area contributed by atoms with Gasteiger partial charge in [0.25, 0.3) is 5.91 Å². The highest BCUT2D eigenvalue weighted by Crippen LogP contribution is 2.16. The maximum absolute atomic E-state index is 12.9. The summed E-state index contributed by atoms with van der Waals surface area (Å²) in [6, 6.07) is 11.1. The predicted molar refractivity (Wildman–Crippen MR) is 102 cm³/mol. The van der Waals surface area contributed by atoms with E-state index in [2.05, 4.69) is 10.6 Å². The lowest BCUT2D eigenvalue weighted by Gasteiger charge is -2.23. The average Bonchev–Trinajstić information content (AvgIpc) is 2.64. The molecule has 2 unspecified atom stereocenters. The summed E-state index contributed by atoms with van der Waals surface area (Å²) in [7, 11) is 0. The van der Waals surface area contributed by atoms with Gasteiger partial charge in [0.15, 0.2) is 0 Å². The molecule has 2 aromatic rings. The molecule has 0 bridgehead atoms. The van der Waals surface area contributed by atoms with Gasteiger partial charge in [-0.15, -0.1) is 0 Å². The molecule has 0 fully saturated rings. The Morgan fingerprint density at radius 1 is 1.11 bits per heavy atom. The number of rotatable bonds is 7. The van der Waals surface area contributed by atoms with Crippen LogP contribution in [0.1, 0.15) is 35.9 Å². The van der Waals surface area contributed by atoms with Crippen molar-refractivity contribution in [1.29, 1.82) is 0 Å². The number of amides is 2. The van der Waals surface area contributed by atoms with Gasteiger partial charge in [-0.2, -0.15) is 0 Å². The smallest absolute Gasteiger partial charge is 0.253 e. The molecule has 0 aliphatic rings. The number of carbonyl (C=O) groups is 2. The number of nitrogens with one attached hydrogen (secondary N) is 2. The fraction of sp³-hybridized carbons (Fsp3) is 0.300. The van der Waals surface area contributed by atoms with Crippen LogP contribution in [0, 0.1) is 11.7 Å². The molecule has 0 saturated carbocycles. The van der Waals surface area contributed by atoms with Crippen LogP contribution in [-0.4, -0.2) is 29.5 Å². The van der Waals surface area contributed by atoms with Crippen molar-refractivity contribution in [2.75, 3.05) is 6.54 Å². The molecule has 2 aromatic carbocycles. The first-order chi connectivity index (χ1) is 12.8. The molecule has 2 rings (SSSR count). The molecule has 0 saturated heterocycles. The van der Waals surface area contributed by atoms with Crippen LogP contribution in [0.3, 0.4) is 0 Å². The summed E-state index contributed by atoms with van der Waals surface area (Å²) in [5, 5.41) is 15.7. The highest BCUT2D eigenvalue weighted by atomic mass is 35.5. The Kier molecular flexibility index (Phi) is 7.33. The van der Waals surface area contributed by atoms with Gasteiger partial charge < -0.3 is 15.7 Å². The fourth-order valence-corrected chi connectivity index (χ4v) is 2.73. The number of aliphatic hydroxyl groups is 1. The molecule has 7 heteroatoms. The van der Waals surface area contributed by atoms with Gasteiger partial charge in [-0.3, -0.25) is 9.59 Å². The molecule has 0 radical (unpaired) electrons. The van der Waals surface area contributed by atoms with Crippen LogP contribution < -0.4 is 10.6 Å². The first-order valence-corrected chi connectivity index (χ1v) is 8.94. The number of halogens is 2. The van der Waals surface area contributed by atoms with Crippen molar-refractivity contribution < 1.29 is 19.1 Å². The Balaban J connectivity index is 1.99. The van der Waals surface area contributed by atoms with E-state index in [0.29, 0.717) is 10.6 Å². The predicted octanol–water partition coefficient (Wildman–Crippen LogP) is 3.08. The van der Waals surface area contributed by atoms with Crippen LogP contribution in [0.25, 0.3) is 0 Å². The number of carbonyl (C=O) groups excluding carboxylic acids is 2. The van der Waals surface area contributed by atoms with Gasteiger partial charge in [0.05, 0.1) is 16.7 Å². The van der Waals surface area contributed by atoms with Gasteiger partial charge in [-0.1, -0.05) is 49.7 Å². The third-order valence-corrected chi connectivity index (χ3v) is 4.41. The third kappa shape index (κ3) is 5.77. The molecule has 0 aliphatic carbocycles. The molecule has 0 aliphatic heterocycles. The van der Waals surface area contributed by atoms with Crippen LogP contribution >= 0.6 is 11.6 Å². The van der Waals surface area contributed by atoms with Crippen molar-refractivity contribution in [3.63, 3.8) is 0 Å². The zero-order valence-electron chi connectivity index (χ0n) is 15.1. The SMILES string of the molecule is CC(C)C(NC(=O)c1ccccc1Cl)C(=O)NCC(O)c1ccc(F)cc1. The van der Waals surface area contributed by atoms with Gasteiger partial charge in [0.1, 0.15) is 11.9 Å². The van der Waals surface area contributed by atoms with Crippen LogP contribution in [0.4, 0.5) is 4.39 Å². The maximum Gasteiger partial charge on any atom is 0.253 e. The Bertz CT molecular complexity index is 796. The summed E-state index contributed by atoms with van der Waals surface area (Å²) in [6.07, 6.45) is -0.985. The Labute approximate surface area is 162 Å². The van der Waals surface area contributed by atoms with Gasteiger partial charge in [-0.05, 0) is 35.7 Å². The summed E-state index contributed by atoms with van der Waals surface area (Å²) in [5.74, 6) is -1.46. The second kappa shape index (κ2) is 9.48. The third-order valence-electron chi connectivity index (χ3n) is 4.08. The van der Waals surface area contributed by atoms with Gasteiger partial charge >= 0.3 is 0 Å². The van der Waals surface area contributed by atoms with E-state index >= 15 is 0 Å². The molecular formula is C20H22ClFN2O3. The van der Waals surface area contributed by atoms with E-state index in [-0.39, 0.29) is 18.0 Å². The average molecular weight is 393 g/mol. The lowest BCUT2D eigenvalue weighted by molar-refractivity contribution is -0.124. The Morgan fingerprint density at radius 3 is 2.33 bits per heavy atom. The second-order valence-corrected chi connectivity index (χ2v) is 6.89. The quantitative estimate of drug-likeness (QED) is 0.677. The van der Waals surface area contributed by atoms with Crippen LogP contribution in [-0.2, 0) is 4.79 Å². The minimum absolute atomic E-state index is 0.0599. The maximum atomic E-state index is 12.9. The lowest BCUT2D eigenvalue weighted by atomic mass is 10.0. The Morgan fingerprint density at radius 2 is 1.74 bits per heavy atom. The first-order valence-electron chi connectivity index (χ1n) is 8.56. The van der Waals surface area contributed by atoms with Crippen molar-refractivity contribution in [3.05, 3.63) is 70.5 Å². The number of aliphatic hydroxyl groups excluding tert-OH is 1.